The molecule has 1 amide bonds. The Hall–Kier alpha value is -1.35. The molecule has 3 fully saturated rings. The topological polar surface area (TPSA) is 51.2 Å². The number of hydrogen-bond acceptors (Lipinski definition) is 3. The Bertz CT molecular complexity index is 773. The number of carbonyl (C=O) groups excluding carboxylic acids is 1. The molecule has 0 spiro atoms. The minimum Gasteiger partial charge on any atom is -0.356 e. The van der Waals surface area contributed by atoms with Crippen molar-refractivity contribution in [3.8, 4) is 0 Å². The van der Waals surface area contributed by atoms with Gasteiger partial charge in [0, 0.05) is 58.8 Å². The Kier molecular flexibility index (Phi) is 10.3. The lowest BCUT2D eigenvalue weighted by Crippen LogP contribution is -2.56. The van der Waals surface area contributed by atoms with Crippen LogP contribution in [-0.2, 0) is 11.3 Å². The lowest BCUT2D eigenvalue weighted by atomic mass is 9.83. The van der Waals surface area contributed by atoms with Gasteiger partial charge in [-0.1, -0.05) is 37.3 Å². The van der Waals surface area contributed by atoms with Gasteiger partial charge in [-0.2, -0.15) is 0 Å². The molecule has 1 aromatic carbocycles. The van der Waals surface area contributed by atoms with E-state index < -0.39 is 0 Å². The molecule has 1 aromatic rings. The van der Waals surface area contributed by atoms with Crippen LogP contribution in [0.1, 0.15) is 51.0 Å². The van der Waals surface area contributed by atoms with Gasteiger partial charge in [0.15, 0.2) is 5.96 Å². The van der Waals surface area contributed by atoms with Gasteiger partial charge in [-0.25, -0.2) is 0 Å². The van der Waals surface area contributed by atoms with E-state index in [0.29, 0.717) is 30.8 Å². The molecule has 3 atom stereocenters. The predicted octanol–water partition coefficient (Wildman–Crippen LogP) is 3.81. The minimum atomic E-state index is 0. The van der Waals surface area contributed by atoms with Crippen molar-refractivity contribution < 1.29 is 4.79 Å². The standard InChI is InChI=1S/C26H41N5O.HI/c1-21-8-6-16-30(18-21)25(32)12-14-28-26(27-2)31-17-13-24-23(20-31)11-7-15-29(24)19-22-9-4-3-5-10-22;/h3-5,9-10,21,23-24H,6-8,11-20H2,1-2H3,(H,27,28);1H. The second-order valence-corrected chi connectivity index (χ2v) is 9.97. The van der Waals surface area contributed by atoms with E-state index in [0.717, 1.165) is 45.1 Å². The molecule has 1 N–H and O–H groups in total. The van der Waals surface area contributed by atoms with Crippen molar-refractivity contribution in [1.29, 1.82) is 0 Å². The van der Waals surface area contributed by atoms with Gasteiger partial charge in [-0.05, 0) is 56.0 Å². The number of rotatable bonds is 5. The highest BCUT2D eigenvalue weighted by Crippen LogP contribution is 2.31. The Balaban J connectivity index is 0.00000306. The highest BCUT2D eigenvalue weighted by molar-refractivity contribution is 14.0. The summed E-state index contributed by atoms with van der Waals surface area (Å²) in [6.45, 7) is 9.12. The summed E-state index contributed by atoms with van der Waals surface area (Å²) in [5, 5.41) is 3.48. The van der Waals surface area contributed by atoms with Gasteiger partial charge in [-0.3, -0.25) is 14.7 Å². The molecule has 7 heteroatoms. The van der Waals surface area contributed by atoms with Crippen LogP contribution in [0.4, 0.5) is 0 Å². The molecule has 3 aliphatic heterocycles. The van der Waals surface area contributed by atoms with Crippen molar-refractivity contribution in [3.05, 3.63) is 35.9 Å². The molecule has 3 heterocycles. The number of hydrogen-bond donors (Lipinski definition) is 1. The van der Waals surface area contributed by atoms with Gasteiger partial charge in [0.05, 0.1) is 0 Å². The molecule has 0 bridgehead atoms. The first kappa shape index (κ1) is 26.3. The van der Waals surface area contributed by atoms with Crippen molar-refractivity contribution in [2.75, 3.05) is 46.3 Å². The summed E-state index contributed by atoms with van der Waals surface area (Å²) in [6.07, 6.45) is 6.69. The van der Waals surface area contributed by atoms with Crippen LogP contribution in [0.2, 0.25) is 0 Å². The van der Waals surface area contributed by atoms with Crippen LogP contribution in [-0.4, -0.2) is 78.9 Å². The molecular weight excluding hydrogens is 525 g/mol. The van der Waals surface area contributed by atoms with E-state index in [4.69, 9.17) is 0 Å². The van der Waals surface area contributed by atoms with Gasteiger partial charge in [0.1, 0.15) is 0 Å². The van der Waals surface area contributed by atoms with Crippen LogP contribution in [0.5, 0.6) is 0 Å². The Morgan fingerprint density at radius 3 is 2.58 bits per heavy atom. The zero-order valence-corrected chi connectivity index (χ0v) is 22.7. The van der Waals surface area contributed by atoms with Crippen LogP contribution in [0, 0.1) is 11.8 Å². The molecular formula is C26H42IN5O. The molecule has 3 unspecified atom stereocenters. The predicted molar refractivity (Wildman–Crippen MR) is 146 cm³/mol. The van der Waals surface area contributed by atoms with E-state index in [9.17, 15) is 4.79 Å². The van der Waals surface area contributed by atoms with Crippen LogP contribution in [0.25, 0.3) is 0 Å². The number of aliphatic imine (C=N–C) groups is 1. The van der Waals surface area contributed by atoms with E-state index in [2.05, 4.69) is 57.4 Å². The van der Waals surface area contributed by atoms with Gasteiger partial charge in [0.2, 0.25) is 5.91 Å². The number of nitrogens with zero attached hydrogens (tertiary/aromatic N) is 4. The Labute approximate surface area is 217 Å². The molecule has 33 heavy (non-hydrogen) atoms. The molecule has 184 valence electrons. The Morgan fingerprint density at radius 2 is 1.82 bits per heavy atom. The number of nitrogens with one attached hydrogen (secondary N) is 1. The molecule has 3 saturated heterocycles. The molecule has 6 nitrogen and oxygen atoms in total. The molecule has 4 rings (SSSR count). The second kappa shape index (κ2) is 12.9. The average Bonchev–Trinajstić information content (AvgIpc) is 2.82. The van der Waals surface area contributed by atoms with E-state index in [-0.39, 0.29) is 29.9 Å². The first-order chi connectivity index (χ1) is 15.6. The molecule has 3 aliphatic rings. The van der Waals surface area contributed by atoms with Crippen molar-refractivity contribution in [1.82, 2.24) is 20.0 Å². The summed E-state index contributed by atoms with van der Waals surface area (Å²) in [4.78, 5) is 24.3. The third-order valence-corrected chi connectivity index (χ3v) is 7.55. The zero-order chi connectivity index (χ0) is 22.3. The Morgan fingerprint density at radius 1 is 1.03 bits per heavy atom. The van der Waals surface area contributed by atoms with E-state index in [1.165, 1.54) is 37.8 Å². The van der Waals surface area contributed by atoms with Gasteiger partial charge >= 0.3 is 0 Å². The number of fused-ring (bicyclic) bond motifs is 1. The minimum absolute atomic E-state index is 0. The van der Waals surface area contributed by atoms with Crippen LogP contribution >= 0.6 is 24.0 Å². The van der Waals surface area contributed by atoms with E-state index in [1.807, 2.05) is 11.9 Å². The van der Waals surface area contributed by atoms with Crippen LogP contribution in [0.15, 0.2) is 35.3 Å². The highest BCUT2D eigenvalue weighted by atomic mass is 127. The third kappa shape index (κ3) is 7.07. The first-order valence-corrected chi connectivity index (χ1v) is 12.7. The van der Waals surface area contributed by atoms with Crippen molar-refractivity contribution >= 4 is 35.8 Å². The normalized spacial score (nSPS) is 26.4. The maximum atomic E-state index is 12.6. The summed E-state index contributed by atoms with van der Waals surface area (Å²) in [5.41, 5.74) is 1.42. The smallest absolute Gasteiger partial charge is 0.224 e. The van der Waals surface area contributed by atoms with Crippen molar-refractivity contribution in [2.45, 2.75) is 58.0 Å². The summed E-state index contributed by atoms with van der Waals surface area (Å²) in [7, 11) is 1.87. The summed E-state index contributed by atoms with van der Waals surface area (Å²) < 4.78 is 0. The molecule has 0 aliphatic carbocycles. The SMILES string of the molecule is CN=C(NCCC(=O)N1CCCC(C)C1)N1CCC2C(CCCN2Cc2ccccc2)C1.I. The fraction of sp³-hybridized carbons (Fsp3) is 0.692. The highest BCUT2D eigenvalue weighted by Gasteiger charge is 2.36. The van der Waals surface area contributed by atoms with Crippen molar-refractivity contribution in [2.24, 2.45) is 16.8 Å². The first-order valence-electron chi connectivity index (χ1n) is 12.7. The third-order valence-electron chi connectivity index (χ3n) is 7.55. The number of piperidine rings is 3. The zero-order valence-electron chi connectivity index (χ0n) is 20.4. The largest absolute Gasteiger partial charge is 0.356 e. The van der Waals surface area contributed by atoms with Crippen molar-refractivity contribution in [3.63, 3.8) is 0 Å². The fourth-order valence-electron chi connectivity index (χ4n) is 5.90. The van der Waals surface area contributed by atoms with Gasteiger partial charge in [-0.15, -0.1) is 24.0 Å². The number of likely N-dealkylation sites (tertiary alicyclic amines) is 3. The summed E-state index contributed by atoms with van der Waals surface area (Å²) in [5.74, 6) is 2.56. The number of carbonyl (C=O) groups is 1. The van der Waals surface area contributed by atoms with Crippen LogP contribution in [0.3, 0.4) is 0 Å². The summed E-state index contributed by atoms with van der Waals surface area (Å²) >= 11 is 0. The number of halogens is 1. The van der Waals surface area contributed by atoms with Crippen LogP contribution < -0.4 is 5.32 Å². The average molecular weight is 568 g/mol. The fourth-order valence-corrected chi connectivity index (χ4v) is 5.90. The van der Waals surface area contributed by atoms with E-state index in [1.54, 1.807) is 0 Å². The molecule has 0 aromatic heterocycles. The maximum absolute atomic E-state index is 12.6. The number of guanidine groups is 1. The maximum Gasteiger partial charge on any atom is 0.224 e. The molecule has 0 radical (unpaired) electrons. The quantitative estimate of drug-likeness (QED) is 0.334. The lowest BCUT2D eigenvalue weighted by Gasteiger charge is -2.48. The van der Waals surface area contributed by atoms with Gasteiger partial charge in [0.25, 0.3) is 0 Å². The molecule has 0 saturated carbocycles. The monoisotopic (exact) mass is 567 g/mol. The summed E-state index contributed by atoms with van der Waals surface area (Å²) in [6, 6.07) is 11.5. The lowest BCUT2D eigenvalue weighted by molar-refractivity contribution is -0.132. The van der Waals surface area contributed by atoms with Gasteiger partial charge < -0.3 is 15.1 Å². The number of amides is 1. The van der Waals surface area contributed by atoms with E-state index >= 15 is 0 Å². The number of benzene rings is 1. The second-order valence-electron chi connectivity index (χ2n) is 9.97.